The van der Waals surface area contributed by atoms with Crippen LogP contribution in [0.4, 0.5) is 0 Å². The Hall–Kier alpha value is -2.64. The van der Waals surface area contributed by atoms with Crippen LogP contribution in [-0.2, 0) is 17.9 Å². The monoisotopic (exact) mass is 318 g/mol. The van der Waals surface area contributed by atoms with Gasteiger partial charge in [-0.3, -0.25) is 14.4 Å². The van der Waals surface area contributed by atoms with Gasteiger partial charge in [-0.05, 0) is 20.3 Å². The van der Waals surface area contributed by atoms with Crippen molar-refractivity contribution in [2.45, 2.75) is 46.3 Å². The molecular formula is C15H18N4O4. The summed E-state index contributed by atoms with van der Waals surface area (Å²) in [6.07, 6.45) is 0.753. The first kappa shape index (κ1) is 15.3. The molecule has 0 radical (unpaired) electrons. The predicted molar refractivity (Wildman–Crippen MR) is 81.5 cm³/mol. The highest BCUT2D eigenvalue weighted by Crippen LogP contribution is 2.25. The van der Waals surface area contributed by atoms with Crippen molar-refractivity contribution in [2.24, 2.45) is 0 Å². The fraction of sp³-hybridized carbons (Fsp3) is 0.467. The Bertz CT molecular complexity index is 880. The molecule has 0 aromatic carbocycles. The van der Waals surface area contributed by atoms with Gasteiger partial charge < -0.3 is 14.6 Å². The van der Waals surface area contributed by atoms with Crippen LogP contribution >= 0.6 is 0 Å². The number of carbonyl (C=O) groups excluding carboxylic acids is 1. The number of nitrogens with zero attached hydrogens (tertiary/aromatic N) is 4. The third-order valence-electron chi connectivity index (χ3n) is 4.30. The zero-order valence-electron chi connectivity index (χ0n) is 13.2. The van der Waals surface area contributed by atoms with Gasteiger partial charge in [-0.15, -0.1) is 0 Å². The van der Waals surface area contributed by atoms with E-state index in [1.807, 2.05) is 13.8 Å². The van der Waals surface area contributed by atoms with E-state index >= 15 is 0 Å². The van der Waals surface area contributed by atoms with E-state index in [1.165, 1.54) is 9.08 Å². The van der Waals surface area contributed by atoms with E-state index < -0.39 is 12.5 Å². The average molecular weight is 318 g/mol. The molecule has 0 fully saturated rings. The normalized spacial score (nSPS) is 15.3. The van der Waals surface area contributed by atoms with Gasteiger partial charge in [-0.25, -0.2) is 0 Å². The maximum absolute atomic E-state index is 12.7. The number of rotatable bonds is 4. The summed E-state index contributed by atoms with van der Waals surface area (Å²) in [5.74, 6) is -1.37. The molecule has 122 valence electrons. The summed E-state index contributed by atoms with van der Waals surface area (Å²) < 4.78 is 2.56. The molecule has 8 nitrogen and oxygen atoms in total. The number of hydrogen-bond acceptors (Lipinski definition) is 4. The lowest BCUT2D eigenvalue weighted by atomic mass is 10.2. The Balaban J connectivity index is 2.31. The Morgan fingerprint density at radius 1 is 1.43 bits per heavy atom. The van der Waals surface area contributed by atoms with E-state index in [9.17, 15) is 19.5 Å². The second-order valence-corrected chi connectivity index (χ2v) is 5.86. The molecule has 0 saturated carbocycles. The molecule has 0 aliphatic carbocycles. The summed E-state index contributed by atoms with van der Waals surface area (Å²) in [4.78, 5) is 38.2. The van der Waals surface area contributed by atoms with Crippen LogP contribution in [0.5, 0.6) is 0 Å². The van der Waals surface area contributed by atoms with Crippen LogP contribution in [0.1, 0.15) is 42.0 Å². The van der Waals surface area contributed by atoms with Crippen LogP contribution in [0.2, 0.25) is 0 Å². The predicted octanol–water partition coefficient (Wildman–Crippen LogP) is 0.643. The first-order chi connectivity index (χ1) is 10.8. The SMILES string of the molecule is CC[C@H](C)N1Cc2c(n(CC(=O)O)c3cc(C)nn3c2=O)C1=O. The van der Waals surface area contributed by atoms with Crippen molar-refractivity contribution >= 4 is 17.5 Å². The molecule has 0 spiro atoms. The van der Waals surface area contributed by atoms with E-state index in [2.05, 4.69) is 5.10 Å². The lowest BCUT2D eigenvalue weighted by molar-refractivity contribution is -0.137. The first-order valence-electron chi connectivity index (χ1n) is 7.50. The number of aryl methyl sites for hydroxylation is 1. The largest absolute Gasteiger partial charge is 0.480 e. The van der Waals surface area contributed by atoms with Crippen molar-refractivity contribution in [1.82, 2.24) is 19.1 Å². The molecule has 1 amide bonds. The maximum atomic E-state index is 12.7. The second kappa shape index (κ2) is 5.22. The van der Waals surface area contributed by atoms with E-state index in [4.69, 9.17) is 0 Å². The van der Waals surface area contributed by atoms with Crippen LogP contribution < -0.4 is 5.56 Å². The number of carbonyl (C=O) groups is 2. The summed E-state index contributed by atoms with van der Waals surface area (Å²) in [7, 11) is 0. The van der Waals surface area contributed by atoms with Crippen LogP contribution in [0.25, 0.3) is 5.65 Å². The van der Waals surface area contributed by atoms with E-state index in [0.29, 0.717) is 16.9 Å². The number of amides is 1. The van der Waals surface area contributed by atoms with Crippen LogP contribution in [0.3, 0.4) is 0 Å². The lowest BCUT2D eigenvalue weighted by Crippen LogP contribution is -2.33. The quantitative estimate of drug-likeness (QED) is 0.892. The summed E-state index contributed by atoms with van der Waals surface area (Å²) in [6.45, 7) is 5.38. The highest BCUT2D eigenvalue weighted by molar-refractivity contribution is 5.97. The number of aliphatic carboxylic acids is 1. The topological polar surface area (TPSA) is 96.9 Å². The van der Waals surface area contributed by atoms with Crippen molar-refractivity contribution < 1.29 is 14.7 Å². The zero-order valence-corrected chi connectivity index (χ0v) is 13.2. The molecule has 3 rings (SSSR count). The number of hydrogen-bond donors (Lipinski definition) is 1. The van der Waals surface area contributed by atoms with Gasteiger partial charge in [0.15, 0.2) is 0 Å². The van der Waals surface area contributed by atoms with Gasteiger partial charge in [0.05, 0.1) is 17.8 Å². The molecule has 1 N–H and O–H groups in total. The van der Waals surface area contributed by atoms with Gasteiger partial charge in [-0.2, -0.15) is 9.61 Å². The highest BCUT2D eigenvalue weighted by Gasteiger charge is 2.36. The molecule has 0 saturated heterocycles. The fourth-order valence-electron chi connectivity index (χ4n) is 2.97. The van der Waals surface area contributed by atoms with E-state index in [-0.39, 0.29) is 29.7 Å². The van der Waals surface area contributed by atoms with Gasteiger partial charge >= 0.3 is 5.97 Å². The summed E-state index contributed by atoms with van der Waals surface area (Å²) in [6, 6.07) is 1.59. The van der Waals surface area contributed by atoms with Crippen molar-refractivity contribution in [1.29, 1.82) is 0 Å². The zero-order chi connectivity index (χ0) is 16.9. The minimum atomic E-state index is -1.08. The lowest BCUT2D eigenvalue weighted by Gasteiger charge is -2.22. The van der Waals surface area contributed by atoms with E-state index in [1.54, 1.807) is 17.9 Å². The summed E-state index contributed by atoms with van der Waals surface area (Å²) >= 11 is 0. The number of fused-ring (bicyclic) bond motifs is 2. The molecule has 1 aliphatic rings. The molecule has 0 unspecified atom stereocenters. The van der Waals surface area contributed by atoms with Crippen molar-refractivity contribution in [3.8, 4) is 0 Å². The molecule has 8 heteroatoms. The van der Waals surface area contributed by atoms with Crippen molar-refractivity contribution in [3.63, 3.8) is 0 Å². The van der Waals surface area contributed by atoms with Crippen LogP contribution in [-0.4, -0.2) is 42.1 Å². The minimum absolute atomic E-state index is 0.0263. The van der Waals surface area contributed by atoms with Gasteiger partial charge in [-0.1, -0.05) is 6.92 Å². The van der Waals surface area contributed by atoms with Gasteiger partial charge in [0.1, 0.15) is 17.9 Å². The molecular weight excluding hydrogens is 300 g/mol. The third kappa shape index (κ3) is 2.21. The third-order valence-corrected chi connectivity index (χ3v) is 4.30. The molecule has 1 atom stereocenters. The summed E-state index contributed by atoms with van der Waals surface area (Å²) in [5.41, 5.74) is 1.05. The Labute approximate surface area is 131 Å². The Kier molecular flexibility index (Phi) is 3.46. The van der Waals surface area contributed by atoms with Crippen LogP contribution in [0, 0.1) is 6.92 Å². The Morgan fingerprint density at radius 3 is 2.74 bits per heavy atom. The molecule has 2 aromatic heterocycles. The Morgan fingerprint density at radius 2 is 2.13 bits per heavy atom. The highest BCUT2D eigenvalue weighted by atomic mass is 16.4. The molecule has 23 heavy (non-hydrogen) atoms. The molecule has 2 aromatic rings. The van der Waals surface area contributed by atoms with E-state index in [0.717, 1.165) is 6.42 Å². The number of carboxylic acids is 1. The fourth-order valence-corrected chi connectivity index (χ4v) is 2.97. The number of carboxylic acid groups (broad SMARTS) is 1. The molecule has 0 bridgehead atoms. The van der Waals surface area contributed by atoms with Crippen LogP contribution in [0.15, 0.2) is 10.9 Å². The smallest absolute Gasteiger partial charge is 0.323 e. The standard InChI is InChI=1S/C15H18N4O4/c1-4-9(3)17-6-10-13(15(17)23)18(7-12(20)21)11-5-8(2)16-19(11)14(10)22/h5,9H,4,6-7H2,1-3H3,(H,20,21)/t9-/m0/s1. The van der Waals surface area contributed by atoms with Gasteiger partial charge in [0.2, 0.25) is 0 Å². The minimum Gasteiger partial charge on any atom is -0.480 e. The average Bonchev–Trinajstić information content (AvgIpc) is 3.04. The van der Waals surface area contributed by atoms with Crippen molar-refractivity contribution in [2.75, 3.05) is 0 Å². The molecule has 3 heterocycles. The van der Waals surface area contributed by atoms with Gasteiger partial charge in [0, 0.05) is 12.1 Å². The number of aromatic nitrogens is 3. The van der Waals surface area contributed by atoms with Crippen molar-refractivity contribution in [3.05, 3.63) is 33.4 Å². The van der Waals surface area contributed by atoms with Gasteiger partial charge in [0.25, 0.3) is 11.5 Å². The molecule has 1 aliphatic heterocycles. The second-order valence-electron chi connectivity index (χ2n) is 5.86. The summed E-state index contributed by atoms with van der Waals surface area (Å²) in [5, 5.41) is 13.3. The first-order valence-corrected chi connectivity index (χ1v) is 7.50. The maximum Gasteiger partial charge on any atom is 0.323 e.